The van der Waals surface area contributed by atoms with Crippen molar-refractivity contribution in [2.24, 2.45) is 11.7 Å². The normalized spacial score (nSPS) is 23.9. The number of aromatic nitrogens is 1. The number of hydrogen-bond donors (Lipinski definition) is 1. The highest BCUT2D eigenvalue weighted by Gasteiger charge is 2.28. The maximum atomic E-state index is 5.83. The van der Waals surface area contributed by atoms with Crippen LogP contribution >= 0.6 is 11.3 Å². The maximum Gasteiger partial charge on any atom is 0.185 e. The Hall–Kier alpha value is -0.650. The molecule has 19 heavy (non-hydrogen) atoms. The van der Waals surface area contributed by atoms with Gasteiger partial charge in [-0.25, -0.2) is 4.98 Å². The van der Waals surface area contributed by atoms with Crippen molar-refractivity contribution < 1.29 is 4.74 Å². The number of ether oxygens (including phenoxy) is 1. The molecule has 108 valence electrons. The predicted molar refractivity (Wildman–Crippen MR) is 80.8 cm³/mol. The van der Waals surface area contributed by atoms with Gasteiger partial charge in [-0.05, 0) is 18.8 Å². The van der Waals surface area contributed by atoms with E-state index < -0.39 is 0 Å². The summed E-state index contributed by atoms with van der Waals surface area (Å²) in [5.74, 6) is 0.630. The highest BCUT2D eigenvalue weighted by molar-refractivity contribution is 7.15. The lowest BCUT2D eigenvalue weighted by Crippen LogP contribution is -2.43. The van der Waals surface area contributed by atoms with Gasteiger partial charge >= 0.3 is 0 Å². The molecule has 2 atom stereocenters. The number of aryl methyl sites for hydroxylation is 1. The zero-order chi connectivity index (χ0) is 13.8. The van der Waals surface area contributed by atoms with Crippen LogP contribution in [0.2, 0.25) is 0 Å². The van der Waals surface area contributed by atoms with Crippen molar-refractivity contribution in [3.8, 4) is 0 Å². The lowest BCUT2D eigenvalue weighted by atomic mass is 9.96. The van der Waals surface area contributed by atoms with E-state index in [2.05, 4.69) is 18.7 Å². The van der Waals surface area contributed by atoms with E-state index in [0.717, 1.165) is 31.1 Å². The molecule has 1 fully saturated rings. The first-order valence-corrected chi connectivity index (χ1v) is 7.97. The fraction of sp³-hybridized carbons (Fsp3) is 0.786. The number of piperidine rings is 1. The van der Waals surface area contributed by atoms with E-state index in [-0.39, 0.29) is 0 Å². The summed E-state index contributed by atoms with van der Waals surface area (Å²) in [6.45, 7) is 7.07. The molecular formula is C14H25N3OS. The van der Waals surface area contributed by atoms with Gasteiger partial charge in [0.2, 0.25) is 0 Å². The average molecular weight is 283 g/mol. The van der Waals surface area contributed by atoms with E-state index >= 15 is 0 Å². The van der Waals surface area contributed by atoms with Gasteiger partial charge in [-0.2, -0.15) is 0 Å². The monoisotopic (exact) mass is 283 g/mol. The smallest absolute Gasteiger partial charge is 0.185 e. The van der Waals surface area contributed by atoms with Crippen molar-refractivity contribution in [2.45, 2.75) is 45.8 Å². The van der Waals surface area contributed by atoms with Crippen LogP contribution in [-0.4, -0.2) is 31.3 Å². The molecule has 0 amide bonds. The zero-order valence-corrected chi connectivity index (χ0v) is 13.0. The predicted octanol–water partition coefficient (Wildman–Crippen LogP) is 2.42. The summed E-state index contributed by atoms with van der Waals surface area (Å²) in [5, 5.41) is 1.12. The minimum Gasteiger partial charge on any atom is -0.379 e. The second kappa shape index (κ2) is 6.68. The van der Waals surface area contributed by atoms with Gasteiger partial charge in [-0.3, -0.25) is 0 Å². The molecule has 2 N–H and O–H groups in total. The van der Waals surface area contributed by atoms with Crippen LogP contribution in [0.1, 0.15) is 37.3 Å². The van der Waals surface area contributed by atoms with Crippen LogP contribution in [0, 0.1) is 5.92 Å². The SMILES string of the molecule is CCCc1nc(N2CCC(C)C(OC)C2)sc1CN. The van der Waals surface area contributed by atoms with Gasteiger partial charge in [-0.15, -0.1) is 11.3 Å². The summed E-state index contributed by atoms with van der Waals surface area (Å²) in [7, 11) is 1.81. The largest absolute Gasteiger partial charge is 0.379 e. The van der Waals surface area contributed by atoms with E-state index in [4.69, 9.17) is 15.5 Å². The zero-order valence-electron chi connectivity index (χ0n) is 12.2. The molecule has 0 bridgehead atoms. The van der Waals surface area contributed by atoms with Gasteiger partial charge in [-0.1, -0.05) is 20.3 Å². The topological polar surface area (TPSA) is 51.4 Å². The van der Waals surface area contributed by atoms with Crippen LogP contribution in [0.5, 0.6) is 0 Å². The van der Waals surface area contributed by atoms with E-state index in [1.165, 1.54) is 17.0 Å². The number of methoxy groups -OCH3 is 1. The first-order chi connectivity index (χ1) is 9.19. The Labute approximate surface area is 120 Å². The molecule has 2 heterocycles. The lowest BCUT2D eigenvalue weighted by molar-refractivity contribution is 0.0498. The number of rotatable bonds is 5. The molecule has 1 aromatic heterocycles. The molecule has 1 saturated heterocycles. The number of anilines is 1. The molecule has 0 spiro atoms. The first kappa shape index (κ1) is 14.8. The Kier molecular flexibility index (Phi) is 5.19. The number of thiazole rings is 1. The van der Waals surface area contributed by atoms with Crippen LogP contribution in [-0.2, 0) is 17.7 Å². The van der Waals surface area contributed by atoms with E-state index in [1.807, 2.05) is 0 Å². The summed E-state index contributed by atoms with van der Waals surface area (Å²) in [4.78, 5) is 8.40. The summed E-state index contributed by atoms with van der Waals surface area (Å²) >= 11 is 1.75. The third kappa shape index (κ3) is 3.27. The Bertz CT molecular complexity index is 407. The second-order valence-electron chi connectivity index (χ2n) is 5.31. The molecular weight excluding hydrogens is 258 g/mol. The van der Waals surface area contributed by atoms with Crippen LogP contribution in [0.3, 0.4) is 0 Å². The third-order valence-corrected chi connectivity index (χ3v) is 5.08. The van der Waals surface area contributed by atoms with Crippen LogP contribution in [0.25, 0.3) is 0 Å². The van der Waals surface area contributed by atoms with E-state index in [1.54, 1.807) is 18.4 Å². The van der Waals surface area contributed by atoms with Crippen molar-refractivity contribution in [1.29, 1.82) is 0 Å². The minimum absolute atomic E-state index is 0.314. The lowest BCUT2D eigenvalue weighted by Gasteiger charge is -2.36. The summed E-state index contributed by atoms with van der Waals surface area (Å²) in [5.41, 5.74) is 7.02. The Balaban J connectivity index is 2.13. The van der Waals surface area contributed by atoms with Gasteiger partial charge in [0, 0.05) is 31.6 Å². The van der Waals surface area contributed by atoms with Crippen molar-refractivity contribution in [3.63, 3.8) is 0 Å². The third-order valence-electron chi connectivity index (χ3n) is 3.90. The highest BCUT2D eigenvalue weighted by atomic mass is 32.1. The number of nitrogens with zero attached hydrogens (tertiary/aromatic N) is 2. The van der Waals surface area contributed by atoms with E-state index in [9.17, 15) is 0 Å². The number of nitrogens with two attached hydrogens (primary N) is 1. The molecule has 5 heteroatoms. The van der Waals surface area contributed by atoms with E-state index in [0.29, 0.717) is 18.6 Å². The summed E-state index contributed by atoms with van der Waals surface area (Å²) in [6.07, 6.45) is 3.63. The fourth-order valence-electron chi connectivity index (χ4n) is 2.61. The second-order valence-corrected chi connectivity index (χ2v) is 6.37. The fourth-order valence-corrected chi connectivity index (χ4v) is 3.63. The molecule has 1 aromatic rings. The molecule has 2 rings (SSSR count). The summed E-state index contributed by atoms with van der Waals surface area (Å²) < 4.78 is 5.58. The first-order valence-electron chi connectivity index (χ1n) is 7.16. The van der Waals surface area contributed by atoms with Crippen molar-refractivity contribution >= 4 is 16.5 Å². The molecule has 0 aliphatic carbocycles. The molecule has 2 unspecified atom stereocenters. The summed E-state index contributed by atoms with van der Waals surface area (Å²) in [6, 6.07) is 0. The van der Waals surface area contributed by atoms with Crippen LogP contribution < -0.4 is 10.6 Å². The molecule has 1 aliphatic heterocycles. The van der Waals surface area contributed by atoms with Gasteiger partial charge < -0.3 is 15.4 Å². The highest BCUT2D eigenvalue weighted by Crippen LogP contribution is 2.30. The van der Waals surface area contributed by atoms with Gasteiger partial charge in [0.05, 0.1) is 11.8 Å². The van der Waals surface area contributed by atoms with Crippen LogP contribution in [0.15, 0.2) is 0 Å². The average Bonchev–Trinajstić information content (AvgIpc) is 2.83. The Morgan fingerprint density at radius 3 is 2.95 bits per heavy atom. The van der Waals surface area contributed by atoms with Gasteiger partial charge in [0.25, 0.3) is 0 Å². The molecule has 0 radical (unpaired) electrons. The van der Waals surface area contributed by atoms with Crippen molar-refractivity contribution in [2.75, 3.05) is 25.1 Å². The molecule has 1 aliphatic rings. The van der Waals surface area contributed by atoms with Crippen molar-refractivity contribution in [3.05, 3.63) is 10.6 Å². The maximum absolute atomic E-state index is 5.83. The van der Waals surface area contributed by atoms with Gasteiger partial charge in [0.1, 0.15) is 0 Å². The van der Waals surface area contributed by atoms with Gasteiger partial charge in [0.15, 0.2) is 5.13 Å². The quantitative estimate of drug-likeness (QED) is 0.901. The van der Waals surface area contributed by atoms with Crippen molar-refractivity contribution in [1.82, 2.24) is 4.98 Å². The Morgan fingerprint density at radius 2 is 2.32 bits per heavy atom. The number of hydrogen-bond acceptors (Lipinski definition) is 5. The minimum atomic E-state index is 0.314. The molecule has 0 saturated carbocycles. The molecule has 4 nitrogen and oxygen atoms in total. The standard InChI is InChI=1S/C14H25N3OS/c1-4-5-11-13(8-15)19-14(16-11)17-7-6-10(2)12(9-17)18-3/h10,12H,4-9,15H2,1-3H3. The van der Waals surface area contributed by atoms with Crippen LogP contribution in [0.4, 0.5) is 5.13 Å². The molecule has 0 aromatic carbocycles. The Morgan fingerprint density at radius 1 is 1.53 bits per heavy atom.